The number of nitrogens with zero attached hydrogens (tertiary/aromatic N) is 4. The van der Waals surface area contributed by atoms with E-state index in [1.807, 2.05) is 11.5 Å². The minimum absolute atomic E-state index is 0.129. The Hall–Kier alpha value is -2.46. The first-order chi connectivity index (χ1) is 13.7. The Morgan fingerprint density at radius 3 is 2.64 bits per heavy atom. The third-order valence-electron chi connectivity index (χ3n) is 4.31. The maximum Gasteiger partial charge on any atom is 0.234 e. The Bertz CT molecular complexity index is 807. The van der Waals surface area contributed by atoms with Crippen LogP contribution in [0.15, 0.2) is 23.4 Å². The lowest BCUT2D eigenvalue weighted by Gasteiger charge is -2.27. The lowest BCUT2D eigenvalue weighted by atomic mass is 10.2. The van der Waals surface area contributed by atoms with Crippen molar-refractivity contribution in [3.63, 3.8) is 0 Å². The van der Waals surface area contributed by atoms with E-state index in [1.54, 1.807) is 32.4 Å². The average molecular weight is 407 g/mol. The van der Waals surface area contributed by atoms with Crippen LogP contribution in [0.5, 0.6) is 11.5 Å². The molecule has 152 valence electrons. The Morgan fingerprint density at radius 1 is 1.21 bits per heavy atom. The van der Waals surface area contributed by atoms with Gasteiger partial charge < -0.3 is 24.4 Å². The van der Waals surface area contributed by atoms with Crippen LogP contribution in [0.25, 0.3) is 0 Å². The fraction of sp³-hybridized carbons (Fsp3) is 0.500. The molecule has 0 aliphatic carbocycles. The van der Waals surface area contributed by atoms with Gasteiger partial charge in [0.1, 0.15) is 0 Å². The molecular weight excluding hydrogens is 382 g/mol. The second-order valence-corrected chi connectivity index (χ2v) is 6.98. The molecule has 1 fully saturated rings. The summed E-state index contributed by atoms with van der Waals surface area (Å²) in [5, 5.41) is 12.2. The number of amides is 1. The number of hydrogen-bond acceptors (Lipinski definition) is 8. The fourth-order valence-corrected chi connectivity index (χ4v) is 3.70. The molecule has 0 atom stereocenters. The Balaban J connectivity index is 1.61. The number of thioether (sulfide) groups is 1. The molecule has 10 heteroatoms. The zero-order chi connectivity index (χ0) is 19.9. The molecule has 2 heterocycles. The van der Waals surface area contributed by atoms with Crippen LogP contribution < -0.4 is 19.7 Å². The first kappa shape index (κ1) is 20.3. The molecule has 2 aromatic rings. The van der Waals surface area contributed by atoms with Crippen molar-refractivity contribution >= 4 is 29.3 Å². The predicted molar refractivity (Wildman–Crippen MR) is 108 cm³/mol. The van der Waals surface area contributed by atoms with Crippen molar-refractivity contribution in [2.75, 3.05) is 56.5 Å². The summed E-state index contributed by atoms with van der Waals surface area (Å²) < 4.78 is 17.9. The monoisotopic (exact) mass is 407 g/mol. The highest BCUT2D eigenvalue weighted by molar-refractivity contribution is 7.99. The molecule has 1 N–H and O–H groups in total. The second kappa shape index (κ2) is 9.65. The van der Waals surface area contributed by atoms with Crippen LogP contribution in [0.2, 0.25) is 0 Å². The lowest BCUT2D eigenvalue weighted by molar-refractivity contribution is -0.113. The molecule has 0 saturated carbocycles. The summed E-state index contributed by atoms with van der Waals surface area (Å²) in [6.45, 7) is 5.74. The van der Waals surface area contributed by atoms with E-state index in [1.165, 1.54) is 11.8 Å². The largest absolute Gasteiger partial charge is 0.493 e. The van der Waals surface area contributed by atoms with Gasteiger partial charge in [0.2, 0.25) is 11.9 Å². The number of aromatic nitrogens is 3. The molecule has 1 amide bonds. The third-order valence-corrected chi connectivity index (χ3v) is 5.27. The summed E-state index contributed by atoms with van der Waals surface area (Å²) in [5.74, 6) is 2.11. The topological polar surface area (TPSA) is 90.7 Å². The van der Waals surface area contributed by atoms with E-state index in [4.69, 9.17) is 14.2 Å². The highest BCUT2D eigenvalue weighted by Crippen LogP contribution is 2.30. The number of benzene rings is 1. The van der Waals surface area contributed by atoms with Crippen molar-refractivity contribution in [3.05, 3.63) is 18.2 Å². The summed E-state index contributed by atoms with van der Waals surface area (Å²) in [4.78, 5) is 14.5. The smallest absolute Gasteiger partial charge is 0.234 e. The number of carbonyl (C=O) groups is 1. The number of anilines is 2. The molecule has 1 saturated heterocycles. The first-order valence-electron chi connectivity index (χ1n) is 9.06. The normalized spacial score (nSPS) is 14.0. The van der Waals surface area contributed by atoms with E-state index >= 15 is 0 Å². The minimum atomic E-state index is -0.129. The van der Waals surface area contributed by atoms with Crippen molar-refractivity contribution in [2.24, 2.45) is 0 Å². The van der Waals surface area contributed by atoms with Crippen molar-refractivity contribution in [3.8, 4) is 11.5 Å². The van der Waals surface area contributed by atoms with Crippen LogP contribution in [0.4, 0.5) is 11.6 Å². The van der Waals surface area contributed by atoms with E-state index in [-0.39, 0.29) is 11.7 Å². The SMILES string of the molecule is CCn1c(SCC(=O)Nc2ccc(OC)c(OC)c2)nnc1N1CCOCC1. The van der Waals surface area contributed by atoms with Gasteiger partial charge in [-0.15, -0.1) is 10.2 Å². The summed E-state index contributed by atoms with van der Waals surface area (Å²) in [7, 11) is 3.13. The predicted octanol–water partition coefficient (Wildman–Crippen LogP) is 1.88. The summed E-state index contributed by atoms with van der Waals surface area (Å²) in [6, 6.07) is 5.26. The van der Waals surface area contributed by atoms with Gasteiger partial charge in [-0.2, -0.15) is 0 Å². The molecular formula is C18H25N5O4S. The van der Waals surface area contributed by atoms with Crippen molar-refractivity contribution in [2.45, 2.75) is 18.6 Å². The van der Waals surface area contributed by atoms with Gasteiger partial charge in [-0.25, -0.2) is 0 Å². The molecule has 3 rings (SSSR count). The van der Waals surface area contributed by atoms with Gasteiger partial charge in [0.25, 0.3) is 0 Å². The van der Waals surface area contributed by atoms with Gasteiger partial charge in [-0.05, 0) is 19.1 Å². The molecule has 0 radical (unpaired) electrons. The van der Waals surface area contributed by atoms with E-state index in [0.717, 1.165) is 30.7 Å². The van der Waals surface area contributed by atoms with Gasteiger partial charge in [-0.1, -0.05) is 11.8 Å². The van der Waals surface area contributed by atoms with E-state index in [0.29, 0.717) is 30.4 Å². The van der Waals surface area contributed by atoms with Crippen LogP contribution in [-0.2, 0) is 16.1 Å². The summed E-state index contributed by atoms with van der Waals surface area (Å²) >= 11 is 1.36. The van der Waals surface area contributed by atoms with Gasteiger partial charge in [0.15, 0.2) is 16.7 Å². The molecule has 9 nitrogen and oxygen atoms in total. The van der Waals surface area contributed by atoms with Crippen LogP contribution in [0.1, 0.15) is 6.92 Å². The number of rotatable bonds is 8. The lowest BCUT2D eigenvalue weighted by Crippen LogP contribution is -2.38. The van der Waals surface area contributed by atoms with Crippen LogP contribution in [-0.4, -0.2) is 66.9 Å². The number of hydrogen-bond donors (Lipinski definition) is 1. The summed E-state index contributed by atoms with van der Waals surface area (Å²) in [6.07, 6.45) is 0. The first-order valence-corrected chi connectivity index (χ1v) is 10.1. The van der Waals surface area contributed by atoms with E-state index in [2.05, 4.69) is 20.4 Å². The highest BCUT2D eigenvalue weighted by atomic mass is 32.2. The maximum absolute atomic E-state index is 12.4. The van der Waals surface area contributed by atoms with E-state index in [9.17, 15) is 4.79 Å². The molecule has 0 bridgehead atoms. The Morgan fingerprint density at radius 2 is 1.96 bits per heavy atom. The van der Waals surface area contributed by atoms with Crippen LogP contribution in [0.3, 0.4) is 0 Å². The number of nitrogens with one attached hydrogen (secondary N) is 1. The average Bonchev–Trinajstić information content (AvgIpc) is 3.15. The molecule has 1 aromatic heterocycles. The van der Waals surface area contributed by atoms with Crippen molar-refractivity contribution in [1.82, 2.24) is 14.8 Å². The number of carbonyl (C=O) groups excluding carboxylic acids is 1. The summed E-state index contributed by atoms with van der Waals surface area (Å²) in [5.41, 5.74) is 0.647. The van der Waals surface area contributed by atoms with Crippen molar-refractivity contribution < 1.29 is 19.0 Å². The van der Waals surface area contributed by atoms with Gasteiger partial charge in [0, 0.05) is 31.4 Å². The molecule has 1 aliphatic heterocycles. The number of morpholine rings is 1. The zero-order valence-corrected chi connectivity index (χ0v) is 17.1. The Kier molecular flexibility index (Phi) is 6.99. The molecule has 1 aromatic carbocycles. The van der Waals surface area contributed by atoms with Gasteiger partial charge >= 0.3 is 0 Å². The van der Waals surface area contributed by atoms with Crippen LogP contribution >= 0.6 is 11.8 Å². The van der Waals surface area contributed by atoms with Crippen molar-refractivity contribution in [1.29, 1.82) is 0 Å². The number of methoxy groups -OCH3 is 2. The van der Waals surface area contributed by atoms with Crippen LogP contribution in [0, 0.1) is 0 Å². The third kappa shape index (κ3) is 4.68. The second-order valence-electron chi connectivity index (χ2n) is 6.03. The quantitative estimate of drug-likeness (QED) is 0.664. The molecule has 0 unspecified atom stereocenters. The minimum Gasteiger partial charge on any atom is -0.493 e. The number of ether oxygens (including phenoxy) is 3. The highest BCUT2D eigenvalue weighted by Gasteiger charge is 2.20. The fourth-order valence-electron chi connectivity index (χ4n) is 2.90. The molecule has 0 spiro atoms. The standard InChI is InChI=1S/C18H25N5O4S/c1-4-23-17(22-7-9-27-10-8-22)20-21-18(23)28-12-16(24)19-13-5-6-14(25-2)15(11-13)26-3/h5-6,11H,4,7-10,12H2,1-3H3,(H,19,24). The molecule has 28 heavy (non-hydrogen) atoms. The zero-order valence-electron chi connectivity index (χ0n) is 16.3. The molecule has 1 aliphatic rings. The van der Waals surface area contributed by atoms with Gasteiger partial charge in [0.05, 0.1) is 33.2 Å². The maximum atomic E-state index is 12.4. The van der Waals surface area contributed by atoms with Gasteiger partial charge in [-0.3, -0.25) is 9.36 Å². The van der Waals surface area contributed by atoms with E-state index < -0.39 is 0 Å². The Labute approximate surface area is 168 Å².